The highest BCUT2D eigenvalue weighted by atomic mass is 16.2. The predicted octanol–water partition coefficient (Wildman–Crippen LogP) is -0.395. The standard InChI is InChI=1S/C11H10N4O3/c1-6(16)13-10(17)8-11(18)15(2)7-4-3-5-12-9(7)14-8/h3-5H,1-2H3,(H,13,16,17). The van der Waals surface area contributed by atoms with Crippen molar-refractivity contribution in [3.63, 3.8) is 0 Å². The summed E-state index contributed by atoms with van der Waals surface area (Å²) in [5, 5.41) is 2.01. The Morgan fingerprint density at radius 1 is 1.39 bits per heavy atom. The molecular formula is C11H10N4O3. The lowest BCUT2D eigenvalue weighted by molar-refractivity contribution is -0.118. The normalized spacial score (nSPS) is 10.3. The summed E-state index contributed by atoms with van der Waals surface area (Å²) in [5.74, 6) is -1.37. The van der Waals surface area contributed by atoms with Crippen molar-refractivity contribution < 1.29 is 9.59 Å². The van der Waals surface area contributed by atoms with Gasteiger partial charge in [0, 0.05) is 20.2 Å². The van der Waals surface area contributed by atoms with E-state index in [2.05, 4.69) is 9.97 Å². The van der Waals surface area contributed by atoms with Crippen molar-refractivity contribution >= 4 is 23.0 Å². The molecule has 2 rings (SSSR count). The van der Waals surface area contributed by atoms with Crippen LogP contribution in [-0.2, 0) is 11.8 Å². The molecule has 0 atom stereocenters. The Kier molecular flexibility index (Phi) is 2.88. The molecule has 0 aliphatic carbocycles. The minimum Gasteiger partial charge on any atom is -0.306 e. The average molecular weight is 246 g/mol. The molecule has 7 heteroatoms. The van der Waals surface area contributed by atoms with Crippen molar-refractivity contribution in [2.75, 3.05) is 0 Å². The maximum atomic E-state index is 11.9. The van der Waals surface area contributed by atoms with Crippen LogP contribution in [0.15, 0.2) is 23.1 Å². The van der Waals surface area contributed by atoms with Crippen LogP contribution >= 0.6 is 0 Å². The molecule has 7 nitrogen and oxygen atoms in total. The molecule has 0 fully saturated rings. The van der Waals surface area contributed by atoms with Gasteiger partial charge in [0.05, 0.1) is 5.52 Å². The summed E-state index contributed by atoms with van der Waals surface area (Å²) in [7, 11) is 1.51. The van der Waals surface area contributed by atoms with Crippen LogP contribution in [0.4, 0.5) is 0 Å². The predicted molar refractivity (Wildman–Crippen MR) is 62.9 cm³/mol. The van der Waals surface area contributed by atoms with Gasteiger partial charge in [0.2, 0.25) is 5.91 Å². The molecule has 2 aromatic heterocycles. The number of hydrogen-bond donors (Lipinski definition) is 1. The molecule has 0 saturated carbocycles. The van der Waals surface area contributed by atoms with Gasteiger partial charge in [-0.25, -0.2) is 9.97 Å². The van der Waals surface area contributed by atoms with E-state index in [1.165, 1.54) is 24.7 Å². The van der Waals surface area contributed by atoms with Crippen molar-refractivity contribution in [1.82, 2.24) is 19.9 Å². The summed E-state index contributed by atoms with van der Waals surface area (Å²) in [6, 6.07) is 3.34. The molecule has 0 spiro atoms. The summed E-state index contributed by atoms with van der Waals surface area (Å²) < 4.78 is 1.27. The highest BCUT2D eigenvalue weighted by Crippen LogP contribution is 2.05. The molecule has 0 radical (unpaired) electrons. The molecule has 2 heterocycles. The lowest BCUT2D eigenvalue weighted by atomic mass is 10.3. The fourth-order valence-corrected chi connectivity index (χ4v) is 1.53. The number of hydrogen-bond acceptors (Lipinski definition) is 5. The van der Waals surface area contributed by atoms with Gasteiger partial charge in [-0.2, -0.15) is 0 Å². The second-order valence-electron chi connectivity index (χ2n) is 3.68. The van der Waals surface area contributed by atoms with Crippen LogP contribution < -0.4 is 10.9 Å². The van der Waals surface area contributed by atoms with Gasteiger partial charge in [0.1, 0.15) is 0 Å². The van der Waals surface area contributed by atoms with Crippen molar-refractivity contribution in [1.29, 1.82) is 0 Å². The Labute approximate surface area is 101 Å². The largest absolute Gasteiger partial charge is 0.306 e. The summed E-state index contributed by atoms with van der Waals surface area (Å²) in [6.45, 7) is 1.18. The fraction of sp³-hybridized carbons (Fsp3) is 0.182. The quantitative estimate of drug-likeness (QED) is 0.739. The zero-order chi connectivity index (χ0) is 13.3. The van der Waals surface area contributed by atoms with E-state index in [0.29, 0.717) is 5.52 Å². The monoisotopic (exact) mass is 246 g/mol. The Hall–Kier alpha value is -2.57. The van der Waals surface area contributed by atoms with E-state index in [9.17, 15) is 14.4 Å². The summed E-state index contributed by atoms with van der Waals surface area (Å²) in [4.78, 5) is 42.2. The molecule has 0 aliphatic rings. The third-order valence-corrected chi connectivity index (χ3v) is 2.36. The third kappa shape index (κ3) is 1.97. The SMILES string of the molecule is CC(=O)NC(=O)c1nc2ncccc2n(C)c1=O. The van der Waals surface area contributed by atoms with Crippen LogP contribution in [0, 0.1) is 0 Å². The molecule has 2 aromatic rings. The highest BCUT2D eigenvalue weighted by molar-refractivity contribution is 6.03. The summed E-state index contributed by atoms with van der Waals surface area (Å²) >= 11 is 0. The van der Waals surface area contributed by atoms with Crippen LogP contribution in [0.1, 0.15) is 17.4 Å². The first-order valence-electron chi connectivity index (χ1n) is 5.14. The first-order chi connectivity index (χ1) is 8.50. The van der Waals surface area contributed by atoms with Crippen LogP contribution in [0.5, 0.6) is 0 Å². The molecule has 2 amide bonds. The molecule has 1 N–H and O–H groups in total. The van der Waals surface area contributed by atoms with E-state index >= 15 is 0 Å². The molecule has 0 unspecified atom stereocenters. The number of nitrogens with one attached hydrogen (secondary N) is 1. The maximum absolute atomic E-state index is 11.9. The first-order valence-corrected chi connectivity index (χ1v) is 5.14. The molecule has 0 bridgehead atoms. The number of rotatable bonds is 1. The Bertz CT molecular complexity index is 705. The average Bonchev–Trinajstić information content (AvgIpc) is 2.33. The van der Waals surface area contributed by atoms with Crippen molar-refractivity contribution in [2.45, 2.75) is 6.92 Å². The molecule has 92 valence electrons. The number of nitrogens with zero attached hydrogens (tertiary/aromatic N) is 3. The number of amides is 2. The Morgan fingerprint density at radius 2 is 2.11 bits per heavy atom. The zero-order valence-electron chi connectivity index (χ0n) is 9.80. The first kappa shape index (κ1) is 11.9. The number of aryl methyl sites for hydroxylation is 1. The van der Waals surface area contributed by atoms with Gasteiger partial charge in [-0.1, -0.05) is 0 Å². The zero-order valence-corrected chi connectivity index (χ0v) is 9.80. The van der Waals surface area contributed by atoms with Crippen molar-refractivity contribution in [2.24, 2.45) is 7.05 Å². The third-order valence-electron chi connectivity index (χ3n) is 2.36. The Balaban J connectivity index is 2.66. The van der Waals surface area contributed by atoms with Gasteiger partial charge >= 0.3 is 0 Å². The van der Waals surface area contributed by atoms with Crippen molar-refractivity contribution in [3.05, 3.63) is 34.4 Å². The molecule has 0 aliphatic heterocycles. The number of fused-ring (bicyclic) bond motifs is 1. The van der Waals surface area contributed by atoms with E-state index in [1.54, 1.807) is 12.1 Å². The number of imide groups is 1. The van der Waals surface area contributed by atoms with Gasteiger partial charge in [-0.15, -0.1) is 0 Å². The van der Waals surface area contributed by atoms with E-state index < -0.39 is 17.4 Å². The number of carbonyl (C=O) groups excluding carboxylic acids is 2. The number of aromatic nitrogens is 3. The Morgan fingerprint density at radius 3 is 2.78 bits per heavy atom. The van der Waals surface area contributed by atoms with Crippen LogP contribution in [0.3, 0.4) is 0 Å². The van der Waals surface area contributed by atoms with Gasteiger partial charge < -0.3 is 4.57 Å². The lowest BCUT2D eigenvalue weighted by Gasteiger charge is -2.06. The van der Waals surface area contributed by atoms with Crippen LogP contribution in [0.2, 0.25) is 0 Å². The van der Waals surface area contributed by atoms with Gasteiger partial charge in [-0.05, 0) is 12.1 Å². The molecular weight excluding hydrogens is 236 g/mol. The number of pyridine rings is 1. The summed E-state index contributed by atoms with van der Waals surface area (Å²) in [5.41, 5.74) is -0.136. The van der Waals surface area contributed by atoms with Crippen LogP contribution in [-0.4, -0.2) is 26.3 Å². The fourth-order valence-electron chi connectivity index (χ4n) is 1.53. The van der Waals surface area contributed by atoms with E-state index in [0.717, 1.165) is 0 Å². The van der Waals surface area contributed by atoms with Crippen LogP contribution in [0.25, 0.3) is 11.2 Å². The second-order valence-corrected chi connectivity index (χ2v) is 3.68. The smallest absolute Gasteiger partial charge is 0.282 e. The second kappa shape index (κ2) is 4.36. The minimum atomic E-state index is -0.823. The maximum Gasteiger partial charge on any atom is 0.282 e. The van der Waals surface area contributed by atoms with Crippen molar-refractivity contribution in [3.8, 4) is 0 Å². The molecule has 18 heavy (non-hydrogen) atoms. The summed E-state index contributed by atoms with van der Waals surface area (Å²) in [6.07, 6.45) is 1.51. The number of carbonyl (C=O) groups is 2. The highest BCUT2D eigenvalue weighted by Gasteiger charge is 2.17. The van der Waals surface area contributed by atoms with E-state index in [4.69, 9.17) is 0 Å². The van der Waals surface area contributed by atoms with E-state index in [-0.39, 0.29) is 11.3 Å². The topological polar surface area (TPSA) is 93.9 Å². The molecule has 0 aromatic carbocycles. The van der Waals surface area contributed by atoms with Gasteiger partial charge in [0.25, 0.3) is 11.5 Å². The minimum absolute atomic E-state index is 0.272. The van der Waals surface area contributed by atoms with Gasteiger partial charge in [0.15, 0.2) is 11.3 Å². The van der Waals surface area contributed by atoms with E-state index in [1.807, 2.05) is 5.32 Å². The van der Waals surface area contributed by atoms with Gasteiger partial charge in [-0.3, -0.25) is 19.7 Å². The molecule has 0 saturated heterocycles. The lowest BCUT2D eigenvalue weighted by Crippen LogP contribution is -2.36.